The van der Waals surface area contributed by atoms with Crippen molar-refractivity contribution < 1.29 is 8.42 Å². The van der Waals surface area contributed by atoms with Crippen LogP contribution in [0.1, 0.15) is 29.8 Å². The minimum Gasteiger partial charge on any atom is -0.326 e. The molecule has 2 aromatic rings. The van der Waals surface area contributed by atoms with Crippen molar-refractivity contribution in [1.29, 1.82) is 0 Å². The van der Waals surface area contributed by atoms with Crippen LogP contribution in [0.3, 0.4) is 0 Å². The average molecular weight is 284 g/mol. The molecule has 2 rings (SSSR count). The summed E-state index contributed by atoms with van der Waals surface area (Å²) in [6.45, 7) is 3.57. The van der Waals surface area contributed by atoms with Crippen molar-refractivity contribution in [3.05, 3.63) is 29.2 Å². The molecule has 0 spiro atoms. The maximum atomic E-state index is 12.3. The van der Waals surface area contributed by atoms with Crippen LogP contribution >= 0.6 is 0 Å². The van der Waals surface area contributed by atoms with Crippen LogP contribution in [-0.2, 0) is 16.6 Å². The van der Waals surface area contributed by atoms with Crippen LogP contribution in [0.15, 0.2) is 17.4 Å². The number of aromatic nitrogens is 4. The number of H-pyrrole nitrogens is 2. The van der Waals surface area contributed by atoms with Crippen molar-refractivity contribution in [1.82, 2.24) is 25.1 Å². The molecule has 0 amide bonds. The summed E-state index contributed by atoms with van der Waals surface area (Å²) in [7, 11) is -3.72. The van der Waals surface area contributed by atoms with Gasteiger partial charge in [0.1, 0.15) is 0 Å². The SMILES string of the molecule is Cc1[nH]nc(S(=O)(=O)NC(C)c2cn[nH]c2)c1CN. The highest BCUT2D eigenvalue weighted by Crippen LogP contribution is 2.18. The molecule has 2 heterocycles. The zero-order valence-corrected chi connectivity index (χ0v) is 11.5. The van der Waals surface area contributed by atoms with Crippen LogP contribution < -0.4 is 10.5 Å². The molecule has 5 N–H and O–H groups in total. The van der Waals surface area contributed by atoms with Gasteiger partial charge in [-0.2, -0.15) is 10.2 Å². The third kappa shape index (κ3) is 2.67. The molecule has 0 fully saturated rings. The third-order valence-corrected chi connectivity index (χ3v) is 4.36. The monoisotopic (exact) mass is 284 g/mol. The van der Waals surface area contributed by atoms with Gasteiger partial charge in [-0.3, -0.25) is 10.2 Å². The Morgan fingerprint density at radius 3 is 2.84 bits per heavy atom. The van der Waals surface area contributed by atoms with E-state index in [0.29, 0.717) is 11.3 Å². The molecule has 1 atom stereocenters. The van der Waals surface area contributed by atoms with Gasteiger partial charge in [-0.15, -0.1) is 0 Å². The van der Waals surface area contributed by atoms with Crippen molar-refractivity contribution in [2.75, 3.05) is 0 Å². The van der Waals surface area contributed by atoms with Gasteiger partial charge in [-0.05, 0) is 13.8 Å². The molecule has 0 saturated heterocycles. The number of hydrogen-bond donors (Lipinski definition) is 4. The number of hydrogen-bond acceptors (Lipinski definition) is 5. The average Bonchev–Trinajstić information content (AvgIpc) is 2.96. The molecule has 0 aliphatic rings. The van der Waals surface area contributed by atoms with E-state index >= 15 is 0 Å². The smallest absolute Gasteiger partial charge is 0.260 e. The van der Waals surface area contributed by atoms with Gasteiger partial charge < -0.3 is 5.73 Å². The summed E-state index contributed by atoms with van der Waals surface area (Å²) in [6.07, 6.45) is 3.19. The molecule has 0 aliphatic carbocycles. The molecule has 0 saturated carbocycles. The van der Waals surface area contributed by atoms with Crippen LogP contribution in [0, 0.1) is 6.92 Å². The minimum atomic E-state index is -3.72. The zero-order chi connectivity index (χ0) is 14.0. The summed E-state index contributed by atoms with van der Waals surface area (Å²) >= 11 is 0. The van der Waals surface area contributed by atoms with Crippen LogP contribution in [0.2, 0.25) is 0 Å². The van der Waals surface area contributed by atoms with E-state index in [4.69, 9.17) is 5.73 Å². The van der Waals surface area contributed by atoms with Gasteiger partial charge in [-0.1, -0.05) is 0 Å². The lowest BCUT2D eigenvalue weighted by molar-refractivity contribution is 0.561. The van der Waals surface area contributed by atoms with Gasteiger partial charge in [0.15, 0.2) is 5.03 Å². The fourth-order valence-electron chi connectivity index (χ4n) is 1.75. The molecule has 104 valence electrons. The Balaban J connectivity index is 2.28. The summed E-state index contributed by atoms with van der Waals surface area (Å²) in [4.78, 5) is 0. The Bertz CT molecular complexity index is 646. The first kappa shape index (κ1) is 13.7. The first-order valence-corrected chi connectivity index (χ1v) is 7.19. The molecule has 2 aromatic heterocycles. The number of aryl methyl sites for hydroxylation is 1. The Morgan fingerprint density at radius 1 is 1.53 bits per heavy atom. The van der Waals surface area contributed by atoms with E-state index in [1.165, 1.54) is 0 Å². The Morgan fingerprint density at radius 2 is 2.26 bits per heavy atom. The van der Waals surface area contributed by atoms with Gasteiger partial charge in [-0.25, -0.2) is 13.1 Å². The van der Waals surface area contributed by atoms with E-state index in [-0.39, 0.29) is 11.6 Å². The topological polar surface area (TPSA) is 130 Å². The molecule has 0 radical (unpaired) electrons. The minimum absolute atomic E-state index is 0.0529. The van der Waals surface area contributed by atoms with Crippen LogP contribution in [0.5, 0.6) is 0 Å². The van der Waals surface area contributed by atoms with Gasteiger partial charge in [0.2, 0.25) is 0 Å². The molecular weight excluding hydrogens is 268 g/mol. The maximum absolute atomic E-state index is 12.3. The summed E-state index contributed by atoms with van der Waals surface area (Å²) in [5, 5.41) is 12.8. The molecule has 0 aliphatic heterocycles. The van der Waals surface area contributed by atoms with Gasteiger partial charge in [0.05, 0.1) is 6.20 Å². The van der Waals surface area contributed by atoms with Crippen LogP contribution in [-0.4, -0.2) is 28.8 Å². The number of nitrogens with two attached hydrogens (primary N) is 1. The normalized spacial score (nSPS) is 13.6. The van der Waals surface area contributed by atoms with Crippen molar-refractivity contribution >= 4 is 10.0 Å². The zero-order valence-electron chi connectivity index (χ0n) is 10.6. The number of aromatic amines is 2. The third-order valence-electron chi connectivity index (χ3n) is 2.85. The summed E-state index contributed by atoms with van der Waals surface area (Å²) in [5.41, 5.74) is 7.44. The van der Waals surface area contributed by atoms with Crippen LogP contribution in [0.4, 0.5) is 0 Å². The highest BCUT2D eigenvalue weighted by molar-refractivity contribution is 7.89. The lowest BCUT2D eigenvalue weighted by atomic mass is 10.2. The first-order chi connectivity index (χ1) is 8.95. The van der Waals surface area contributed by atoms with Gasteiger partial charge in [0.25, 0.3) is 10.0 Å². The fraction of sp³-hybridized carbons (Fsp3) is 0.400. The second-order valence-electron chi connectivity index (χ2n) is 4.21. The van der Waals surface area contributed by atoms with E-state index in [9.17, 15) is 8.42 Å². The molecule has 1 unspecified atom stereocenters. The first-order valence-electron chi connectivity index (χ1n) is 5.70. The molecule has 9 heteroatoms. The second-order valence-corrected chi connectivity index (χ2v) is 5.84. The Kier molecular flexibility index (Phi) is 3.69. The standard InChI is InChI=1S/C10H16N6O2S/c1-6(8-4-12-13-5-8)16-19(17,18)10-9(3-11)7(2)14-15-10/h4-6,16H,3,11H2,1-2H3,(H,12,13)(H,14,15). The summed E-state index contributed by atoms with van der Waals surface area (Å²) < 4.78 is 27.0. The Labute approximate surface area is 110 Å². The second kappa shape index (κ2) is 5.11. The molecule has 8 nitrogen and oxygen atoms in total. The number of nitrogens with one attached hydrogen (secondary N) is 3. The quantitative estimate of drug-likeness (QED) is 0.611. The van der Waals surface area contributed by atoms with Crippen molar-refractivity contribution in [3.8, 4) is 0 Å². The lowest BCUT2D eigenvalue weighted by Gasteiger charge is -2.11. The van der Waals surface area contributed by atoms with Crippen molar-refractivity contribution in [2.24, 2.45) is 5.73 Å². The number of nitrogens with zero attached hydrogens (tertiary/aromatic N) is 2. The fourth-order valence-corrected chi connectivity index (χ4v) is 3.19. The van der Waals surface area contributed by atoms with E-state index in [1.807, 2.05) is 0 Å². The highest BCUT2D eigenvalue weighted by atomic mass is 32.2. The maximum Gasteiger partial charge on any atom is 0.260 e. The van der Waals surface area contributed by atoms with Crippen molar-refractivity contribution in [3.63, 3.8) is 0 Å². The summed E-state index contributed by atoms with van der Waals surface area (Å²) in [6, 6.07) is -0.411. The number of sulfonamides is 1. The van der Waals surface area contributed by atoms with Gasteiger partial charge >= 0.3 is 0 Å². The van der Waals surface area contributed by atoms with E-state index in [2.05, 4.69) is 25.1 Å². The van der Waals surface area contributed by atoms with Gasteiger partial charge in [0, 0.05) is 35.6 Å². The summed E-state index contributed by atoms with van der Waals surface area (Å²) in [5.74, 6) is 0. The van der Waals surface area contributed by atoms with E-state index < -0.39 is 16.1 Å². The predicted octanol–water partition coefficient (Wildman–Crippen LogP) is -0.0606. The van der Waals surface area contributed by atoms with Crippen molar-refractivity contribution in [2.45, 2.75) is 31.5 Å². The molecular formula is C10H16N6O2S. The van der Waals surface area contributed by atoms with E-state index in [1.54, 1.807) is 26.2 Å². The molecule has 19 heavy (non-hydrogen) atoms. The largest absolute Gasteiger partial charge is 0.326 e. The highest BCUT2D eigenvalue weighted by Gasteiger charge is 2.25. The number of rotatable bonds is 5. The lowest BCUT2D eigenvalue weighted by Crippen LogP contribution is -2.28. The predicted molar refractivity (Wildman–Crippen MR) is 68.5 cm³/mol. The Hall–Kier alpha value is -1.71. The molecule has 0 bridgehead atoms. The van der Waals surface area contributed by atoms with Crippen LogP contribution in [0.25, 0.3) is 0 Å². The van der Waals surface area contributed by atoms with E-state index in [0.717, 1.165) is 5.56 Å². The molecule has 0 aromatic carbocycles.